The van der Waals surface area contributed by atoms with Gasteiger partial charge in [-0.1, -0.05) is 13.8 Å². The predicted octanol–water partition coefficient (Wildman–Crippen LogP) is 1.20. The Hall–Kier alpha value is -0.120. The molecule has 0 aliphatic heterocycles. The molecular weight excluding hydrogens is 176 g/mol. The van der Waals surface area contributed by atoms with E-state index in [1.54, 1.807) is 7.11 Å². The van der Waals surface area contributed by atoms with E-state index in [9.17, 15) is 0 Å². The molecule has 0 rings (SSSR count). The van der Waals surface area contributed by atoms with Gasteiger partial charge >= 0.3 is 0 Å². The van der Waals surface area contributed by atoms with Crippen molar-refractivity contribution in [3.05, 3.63) is 0 Å². The van der Waals surface area contributed by atoms with Crippen molar-refractivity contribution in [3.8, 4) is 0 Å². The van der Waals surface area contributed by atoms with Gasteiger partial charge in [-0.05, 0) is 33.0 Å². The maximum absolute atomic E-state index is 5.10. The van der Waals surface area contributed by atoms with Crippen molar-refractivity contribution < 1.29 is 4.74 Å². The van der Waals surface area contributed by atoms with Gasteiger partial charge in [0.1, 0.15) is 0 Å². The monoisotopic (exact) mass is 202 g/mol. The average molecular weight is 202 g/mol. The van der Waals surface area contributed by atoms with E-state index in [0.29, 0.717) is 12.0 Å². The minimum absolute atomic E-state index is 0.574. The number of ether oxygens (including phenoxy) is 1. The molecular formula is C11H26N2O. The first-order chi connectivity index (χ1) is 6.61. The van der Waals surface area contributed by atoms with E-state index in [0.717, 1.165) is 26.1 Å². The molecule has 0 bridgehead atoms. The third-order valence-electron chi connectivity index (χ3n) is 2.49. The molecule has 3 heteroatoms. The standard InChI is InChI=1S/C11H26N2O/c1-6-12-11(9-13(3)4)10(2)7-8-14-5/h10-12H,6-9H2,1-5H3. The fourth-order valence-corrected chi connectivity index (χ4v) is 1.61. The third-order valence-corrected chi connectivity index (χ3v) is 2.49. The van der Waals surface area contributed by atoms with Crippen LogP contribution in [0.5, 0.6) is 0 Å². The first-order valence-corrected chi connectivity index (χ1v) is 5.48. The van der Waals surface area contributed by atoms with Crippen LogP contribution in [0, 0.1) is 5.92 Å². The van der Waals surface area contributed by atoms with Gasteiger partial charge in [-0.25, -0.2) is 0 Å². The number of likely N-dealkylation sites (N-methyl/N-ethyl adjacent to an activating group) is 2. The Morgan fingerprint density at radius 1 is 1.36 bits per heavy atom. The van der Waals surface area contributed by atoms with Crippen LogP contribution in [0.4, 0.5) is 0 Å². The second kappa shape index (κ2) is 8.21. The number of methoxy groups -OCH3 is 1. The van der Waals surface area contributed by atoms with Gasteiger partial charge in [-0.3, -0.25) is 0 Å². The Kier molecular flexibility index (Phi) is 8.14. The van der Waals surface area contributed by atoms with Gasteiger partial charge in [0.15, 0.2) is 0 Å². The zero-order valence-corrected chi connectivity index (χ0v) is 10.3. The van der Waals surface area contributed by atoms with E-state index in [-0.39, 0.29) is 0 Å². The lowest BCUT2D eigenvalue weighted by Crippen LogP contribution is -2.43. The number of rotatable bonds is 8. The van der Waals surface area contributed by atoms with Crippen LogP contribution in [-0.2, 0) is 4.74 Å². The van der Waals surface area contributed by atoms with Gasteiger partial charge < -0.3 is 15.0 Å². The van der Waals surface area contributed by atoms with Crippen molar-refractivity contribution in [2.75, 3.05) is 40.9 Å². The molecule has 1 N–H and O–H groups in total. The summed E-state index contributed by atoms with van der Waals surface area (Å²) in [5, 5.41) is 3.53. The molecule has 0 aromatic carbocycles. The van der Waals surface area contributed by atoms with Crippen LogP contribution in [-0.4, -0.2) is 51.8 Å². The van der Waals surface area contributed by atoms with Gasteiger partial charge in [0.05, 0.1) is 0 Å². The molecule has 0 spiro atoms. The van der Waals surface area contributed by atoms with Crippen molar-refractivity contribution in [2.24, 2.45) is 5.92 Å². The van der Waals surface area contributed by atoms with Crippen LogP contribution in [0.3, 0.4) is 0 Å². The molecule has 0 radical (unpaired) electrons. The van der Waals surface area contributed by atoms with Gasteiger partial charge in [-0.2, -0.15) is 0 Å². The quantitative estimate of drug-likeness (QED) is 0.640. The summed E-state index contributed by atoms with van der Waals surface area (Å²) >= 11 is 0. The Bertz CT molecular complexity index is 128. The summed E-state index contributed by atoms with van der Waals surface area (Å²) in [6.07, 6.45) is 1.13. The van der Waals surface area contributed by atoms with E-state index in [4.69, 9.17) is 4.74 Å². The number of hydrogen-bond donors (Lipinski definition) is 1. The molecule has 0 saturated carbocycles. The highest BCUT2D eigenvalue weighted by Crippen LogP contribution is 2.09. The minimum Gasteiger partial charge on any atom is -0.385 e. The zero-order chi connectivity index (χ0) is 11.0. The third kappa shape index (κ3) is 6.35. The van der Waals surface area contributed by atoms with Crippen LogP contribution in [0.1, 0.15) is 20.3 Å². The van der Waals surface area contributed by atoms with Crippen LogP contribution < -0.4 is 5.32 Å². The number of nitrogens with one attached hydrogen (secondary N) is 1. The Morgan fingerprint density at radius 3 is 2.43 bits per heavy atom. The Morgan fingerprint density at radius 2 is 2.00 bits per heavy atom. The molecule has 0 saturated heterocycles. The second-order valence-corrected chi connectivity index (χ2v) is 4.19. The van der Waals surface area contributed by atoms with Crippen molar-refractivity contribution in [2.45, 2.75) is 26.3 Å². The van der Waals surface area contributed by atoms with Crippen molar-refractivity contribution in [3.63, 3.8) is 0 Å². The lowest BCUT2D eigenvalue weighted by atomic mass is 9.98. The number of hydrogen-bond acceptors (Lipinski definition) is 3. The molecule has 0 heterocycles. The first kappa shape index (κ1) is 13.9. The molecule has 86 valence electrons. The summed E-state index contributed by atoms with van der Waals surface area (Å²) in [7, 11) is 6.00. The average Bonchev–Trinajstić information content (AvgIpc) is 2.13. The fourth-order valence-electron chi connectivity index (χ4n) is 1.61. The van der Waals surface area contributed by atoms with E-state index >= 15 is 0 Å². The zero-order valence-electron chi connectivity index (χ0n) is 10.3. The molecule has 3 nitrogen and oxygen atoms in total. The molecule has 0 fully saturated rings. The van der Waals surface area contributed by atoms with Crippen LogP contribution in [0.15, 0.2) is 0 Å². The summed E-state index contributed by atoms with van der Waals surface area (Å²) in [4.78, 5) is 2.23. The normalized spacial score (nSPS) is 15.9. The van der Waals surface area contributed by atoms with Crippen molar-refractivity contribution in [1.82, 2.24) is 10.2 Å². The van der Waals surface area contributed by atoms with Crippen LogP contribution in [0.25, 0.3) is 0 Å². The minimum atomic E-state index is 0.574. The van der Waals surface area contributed by atoms with Gasteiger partial charge in [0, 0.05) is 26.3 Å². The highest BCUT2D eigenvalue weighted by molar-refractivity contribution is 4.75. The SMILES string of the molecule is CCNC(CN(C)C)C(C)CCOC. The highest BCUT2D eigenvalue weighted by Gasteiger charge is 2.16. The van der Waals surface area contributed by atoms with E-state index in [1.165, 1.54) is 0 Å². The van der Waals surface area contributed by atoms with Gasteiger partial charge in [0.25, 0.3) is 0 Å². The summed E-state index contributed by atoms with van der Waals surface area (Å²) in [6, 6.07) is 0.574. The summed E-state index contributed by atoms with van der Waals surface area (Å²) in [5.41, 5.74) is 0. The maximum Gasteiger partial charge on any atom is 0.0465 e. The highest BCUT2D eigenvalue weighted by atomic mass is 16.5. The lowest BCUT2D eigenvalue weighted by Gasteiger charge is -2.27. The second-order valence-electron chi connectivity index (χ2n) is 4.19. The van der Waals surface area contributed by atoms with Crippen molar-refractivity contribution in [1.29, 1.82) is 0 Å². The molecule has 0 aliphatic rings. The Balaban J connectivity index is 3.90. The van der Waals surface area contributed by atoms with Crippen LogP contribution >= 0.6 is 0 Å². The molecule has 2 unspecified atom stereocenters. The predicted molar refractivity (Wildman–Crippen MR) is 61.7 cm³/mol. The summed E-state index contributed by atoms with van der Waals surface area (Å²) in [6.45, 7) is 7.44. The first-order valence-electron chi connectivity index (χ1n) is 5.48. The summed E-state index contributed by atoms with van der Waals surface area (Å²) < 4.78 is 5.10. The molecule has 0 aromatic rings. The van der Waals surface area contributed by atoms with Gasteiger partial charge in [0.2, 0.25) is 0 Å². The lowest BCUT2D eigenvalue weighted by molar-refractivity contribution is 0.164. The smallest absolute Gasteiger partial charge is 0.0465 e. The van der Waals surface area contributed by atoms with Gasteiger partial charge in [-0.15, -0.1) is 0 Å². The van der Waals surface area contributed by atoms with E-state index < -0.39 is 0 Å². The number of nitrogens with zero attached hydrogens (tertiary/aromatic N) is 1. The van der Waals surface area contributed by atoms with E-state index in [2.05, 4.69) is 38.2 Å². The fraction of sp³-hybridized carbons (Fsp3) is 1.00. The molecule has 0 aliphatic carbocycles. The molecule has 0 aromatic heterocycles. The molecule has 0 amide bonds. The topological polar surface area (TPSA) is 24.5 Å². The Labute approximate surface area is 88.8 Å². The largest absolute Gasteiger partial charge is 0.385 e. The van der Waals surface area contributed by atoms with E-state index in [1.807, 2.05) is 0 Å². The summed E-state index contributed by atoms with van der Waals surface area (Å²) in [5.74, 6) is 0.664. The molecule has 2 atom stereocenters. The van der Waals surface area contributed by atoms with Crippen LogP contribution in [0.2, 0.25) is 0 Å². The van der Waals surface area contributed by atoms with Crippen molar-refractivity contribution >= 4 is 0 Å². The molecule has 14 heavy (non-hydrogen) atoms. The maximum atomic E-state index is 5.10.